The van der Waals surface area contributed by atoms with E-state index in [0.717, 1.165) is 0 Å². The summed E-state index contributed by atoms with van der Waals surface area (Å²) in [6.45, 7) is 0. The highest BCUT2D eigenvalue weighted by atomic mass is 35.6. The molecule has 0 unspecified atom stereocenters. The highest BCUT2D eigenvalue weighted by molar-refractivity contribution is 7.93. The Balaban J connectivity index is 2.91. The lowest BCUT2D eigenvalue weighted by Gasteiger charge is -2.12. The van der Waals surface area contributed by atoms with Crippen LogP contribution in [0, 0.1) is 0 Å². The molecule has 0 atom stereocenters. The number of benzene rings is 1. The maximum absolute atomic E-state index is 11.2. The molecule has 14 heavy (non-hydrogen) atoms. The molecule has 1 aromatic rings. The Morgan fingerprint density at radius 2 is 1.57 bits per heavy atom. The standard InChI is InChI=1S/C7H5Cl3O3S/c8-7(9,10)14(11,12)13-6-4-2-1-3-5-6/h1-5H. The minimum atomic E-state index is -4.25. The van der Waals surface area contributed by atoms with Crippen molar-refractivity contribution in [3.63, 3.8) is 0 Å². The Hall–Kier alpha value is -0.160. The molecule has 0 saturated carbocycles. The second-order valence-corrected chi connectivity index (χ2v) is 6.94. The predicted octanol–water partition coefficient (Wildman–Crippen LogP) is 2.72. The summed E-state index contributed by atoms with van der Waals surface area (Å²) in [6, 6.07) is 7.78. The van der Waals surface area contributed by atoms with Crippen molar-refractivity contribution in [2.75, 3.05) is 0 Å². The monoisotopic (exact) mass is 274 g/mol. The van der Waals surface area contributed by atoms with Crippen LogP contribution in [-0.2, 0) is 10.1 Å². The first-order valence-electron chi connectivity index (χ1n) is 3.39. The molecule has 3 nitrogen and oxygen atoms in total. The summed E-state index contributed by atoms with van der Waals surface area (Å²) in [5, 5.41) is 0. The van der Waals surface area contributed by atoms with Gasteiger partial charge in [-0.2, -0.15) is 8.42 Å². The van der Waals surface area contributed by atoms with Crippen LogP contribution in [0.3, 0.4) is 0 Å². The van der Waals surface area contributed by atoms with Gasteiger partial charge in [-0.3, -0.25) is 0 Å². The van der Waals surface area contributed by atoms with E-state index in [1.807, 2.05) is 0 Å². The molecule has 7 heteroatoms. The van der Waals surface area contributed by atoms with Gasteiger partial charge in [-0.1, -0.05) is 53.0 Å². The molecule has 0 aromatic heterocycles. The second-order valence-electron chi connectivity index (χ2n) is 2.30. The van der Waals surface area contributed by atoms with Crippen molar-refractivity contribution in [2.45, 2.75) is 3.12 Å². The molecule has 0 bridgehead atoms. The smallest absolute Gasteiger partial charge is 0.358 e. The summed E-state index contributed by atoms with van der Waals surface area (Å²) in [6.07, 6.45) is 0. The minimum absolute atomic E-state index is 0.0961. The van der Waals surface area contributed by atoms with Gasteiger partial charge in [-0.15, -0.1) is 0 Å². The fourth-order valence-electron chi connectivity index (χ4n) is 0.650. The van der Waals surface area contributed by atoms with Crippen LogP contribution >= 0.6 is 34.8 Å². The van der Waals surface area contributed by atoms with E-state index >= 15 is 0 Å². The summed E-state index contributed by atoms with van der Waals surface area (Å²) in [4.78, 5) is 0. The molecule has 78 valence electrons. The normalized spacial score (nSPS) is 12.5. The van der Waals surface area contributed by atoms with Gasteiger partial charge in [-0.25, -0.2) is 0 Å². The molecule has 0 aliphatic heterocycles. The summed E-state index contributed by atoms with van der Waals surface area (Å²) in [7, 11) is -4.25. The van der Waals surface area contributed by atoms with Crippen LogP contribution in [0.25, 0.3) is 0 Å². The van der Waals surface area contributed by atoms with Gasteiger partial charge in [0.25, 0.3) is 0 Å². The van der Waals surface area contributed by atoms with E-state index in [9.17, 15) is 8.42 Å². The van der Waals surface area contributed by atoms with E-state index in [1.54, 1.807) is 18.2 Å². The topological polar surface area (TPSA) is 43.4 Å². The van der Waals surface area contributed by atoms with E-state index in [0.29, 0.717) is 0 Å². The number of alkyl halides is 3. The Labute approximate surface area is 96.7 Å². The van der Waals surface area contributed by atoms with Crippen molar-refractivity contribution in [1.82, 2.24) is 0 Å². The highest BCUT2D eigenvalue weighted by Gasteiger charge is 2.40. The molecule has 0 heterocycles. The Morgan fingerprint density at radius 1 is 1.07 bits per heavy atom. The predicted molar refractivity (Wildman–Crippen MR) is 56.3 cm³/mol. The average Bonchev–Trinajstić information content (AvgIpc) is 2.03. The molecule has 0 spiro atoms. The summed E-state index contributed by atoms with van der Waals surface area (Å²) in [5.41, 5.74) is 0. The van der Waals surface area contributed by atoms with Crippen molar-refractivity contribution >= 4 is 44.9 Å². The van der Waals surface area contributed by atoms with E-state index in [-0.39, 0.29) is 5.75 Å². The van der Waals surface area contributed by atoms with Crippen molar-refractivity contribution < 1.29 is 12.6 Å². The van der Waals surface area contributed by atoms with Crippen LogP contribution in [-0.4, -0.2) is 11.5 Å². The summed E-state index contributed by atoms with van der Waals surface area (Å²) < 4.78 is 24.5. The van der Waals surface area contributed by atoms with Gasteiger partial charge in [0, 0.05) is 0 Å². The van der Waals surface area contributed by atoms with Gasteiger partial charge in [0.2, 0.25) is 0 Å². The molecule has 0 amide bonds. The molecule has 0 N–H and O–H groups in total. The molecular formula is C7H5Cl3O3S. The first kappa shape index (κ1) is 11.9. The van der Waals surface area contributed by atoms with Gasteiger partial charge >= 0.3 is 13.2 Å². The number of halogens is 3. The van der Waals surface area contributed by atoms with Crippen molar-refractivity contribution in [2.24, 2.45) is 0 Å². The molecule has 0 fully saturated rings. The van der Waals surface area contributed by atoms with Crippen LogP contribution in [0.15, 0.2) is 30.3 Å². The number of rotatable bonds is 2. The molecule has 0 aliphatic rings. The third-order valence-corrected chi connectivity index (χ3v) is 3.91. The van der Waals surface area contributed by atoms with Crippen molar-refractivity contribution in [1.29, 1.82) is 0 Å². The van der Waals surface area contributed by atoms with Gasteiger partial charge in [0.1, 0.15) is 5.75 Å². The maximum Gasteiger partial charge on any atom is 0.358 e. The third-order valence-electron chi connectivity index (χ3n) is 1.23. The van der Waals surface area contributed by atoms with Gasteiger partial charge in [-0.05, 0) is 12.1 Å². The van der Waals surface area contributed by atoms with Crippen LogP contribution < -0.4 is 4.18 Å². The Kier molecular flexibility index (Phi) is 3.53. The van der Waals surface area contributed by atoms with Crippen LogP contribution in [0.2, 0.25) is 0 Å². The average molecular weight is 276 g/mol. The lowest BCUT2D eigenvalue weighted by Crippen LogP contribution is -2.24. The number of para-hydroxylation sites is 1. The van der Waals surface area contributed by atoms with Crippen LogP contribution in [0.5, 0.6) is 5.75 Å². The highest BCUT2D eigenvalue weighted by Crippen LogP contribution is 2.34. The number of hydrogen-bond donors (Lipinski definition) is 0. The lowest BCUT2D eigenvalue weighted by atomic mass is 10.3. The van der Waals surface area contributed by atoms with Crippen LogP contribution in [0.1, 0.15) is 0 Å². The maximum atomic E-state index is 11.2. The summed E-state index contributed by atoms with van der Waals surface area (Å²) in [5.74, 6) is 0.0961. The zero-order valence-corrected chi connectivity index (χ0v) is 9.74. The Bertz CT molecular complexity index is 396. The molecule has 1 rings (SSSR count). The van der Waals surface area contributed by atoms with Gasteiger partial charge < -0.3 is 4.18 Å². The van der Waals surface area contributed by atoms with E-state index in [2.05, 4.69) is 4.18 Å². The van der Waals surface area contributed by atoms with Crippen LogP contribution in [0.4, 0.5) is 0 Å². The fraction of sp³-hybridized carbons (Fsp3) is 0.143. The van der Waals surface area contributed by atoms with E-state index in [4.69, 9.17) is 34.8 Å². The lowest BCUT2D eigenvalue weighted by molar-refractivity contribution is 0.486. The second kappa shape index (κ2) is 4.14. The Morgan fingerprint density at radius 3 is 2.00 bits per heavy atom. The van der Waals surface area contributed by atoms with E-state index in [1.165, 1.54) is 12.1 Å². The zero-order chi connectivity index (χ0) is 10.8. The van der Waals surface area contributed by atoms with Gasteiger partial charge in [0.05, 0.1) is 0 Å². The fourth-order valence-corrected chi connectivity index (χ4v) is 1.39. The molecule has 0 radical (unpaired) electrons. The zero-order valence-electron chi connectivity index (χ0n) is 6.65. The minimum Gasteiger partial charge on any atom is -0.379 e. The van der Waals surface area contributed by atoms with Gasteiger partial charge in [0.15, 0.2) is 0 Å². The third kappa shape index (κ3) is 2.92. The SMILES string of the molecule is O=S(=O)(Oc1ccccc1)C(Cl)(Cl)Cl. The largest absolute Gasteiger partial charge is 0.379 e. The molecule has 1 aromatic carbocycles. The van der Waals surface area contributed by atoms with Crippen molar-refractivity contribution in [3.05, 3.63) is 30.3 Å². The quantitative estimate of drug-likeness (QED) is 0.616. The number of hydrogen-bond acceptors (Lipinski definition) is 3. The van der Waals surface area contributed by atoms with E-state index < -0.39 is 13.2 Å². The molecular weight excluding hydrogens is 270 g/mol. The molecule has 0 aliphatic carbocycles. The van der Waals surface area contributed by atoms with Crippen molar-refractivity contribution in [3.8, 4) is 5.75 Å². The first-order chi connectivity index (χ1) is 6.33. The molecule has 0 saturated heterocycles. The summed E-state index contributed by atoms with van der Waals surface area (Å²) >= 11 is 15.6. The first-order valence-corrected chi connectivity index (χ1v) is 5.93.